The Morgan fingerprint density at radius 3 is 1.93 bits per heavy atom. The number of amides is 1. The molecular weight excluding hydrogens is 556 g/mol. The number of H-pyrrole nitrogens is 1. The van der Waals surface area contributed by atoms with E-state index in [1.807, 2.05) is 67.7 Å². The number of nitrogens with one attached hydrogen (secondary N) is 1. The molecule has 1 amide bonds. The van der Waals surface area contributed by atoms with E-state index in [1.54, 1.807) is 20.8 Å². The third-order valence-corrected chi connectivity index (χ3v) is 17.4. The van der Waals surface area contributed by atoms with Gasteiger partial charge in [-0.3, -0.25) is 19.2 Å². The van der Waals surface area contributed by atoms with Crippen LogP contribution < -0.4 is 11.2 Å². The third-order valence-electron chi connectivity index (χ3n) is 8.45. The highest BCUT2D eigenvalue weighted by molar-refractivity contribution is 6.74. The van der Waals surface area contributed by atoms with E-state index in [9.17, 15) is 14.4 Å². The molecular formula is C27H49F2N3O6Si2. The Morgan fingerprint density at radius 2 is 1.50 bits per heavy atom. The van der Waals surface area contributed by atoms with Crippen LogP contribution in [0.1, 0.15) is 68.5 Å². The predicted octanol–water partition coefficient (Wildman–Crippen LogP) is 5.95. The van der Waals surface area contributed by atoms with Crippen molar-refractivity contribution in [3.8, 4) is 0 Å². The van der Waals surface area contributed by atoms with E-state index >= 15 is 8.78 Å². The Balaban J connectivity index is 2.84. The van der Waals surface area contributed by atoms with Gasteiger partial charge in [0.05, 0.1) is 24.7 Å². The first-order chi connectivity index (χ1) is 17.8. The monoisotopic (exact) mass is 605 g/mol. The Labute approximate surface area is 238 Å². The van der Waals surface area contributed by atoms with Crippen molar-refractivity contribution in [1.29, 1.82) is 0 Å². The first kappa shape index (κ1) is 34.4. The Hall–Kier alpha value is -1.84. The molecule has 13 heteroatoms. The summed E-state index contributed by atoms with van der Waals surface area (Å²) in [6, 6.07) is -0.0443. The Morgan fingerprint density at radius 1 is 0.975 bits per heavy atom. The van der Waals surface area contributed by atoms with E-state index < -0.39 is 70.2 Å². The lowest BCUT2D eigenvalue weighted by atomic mass is 9.98. The molecule has 4 atom stereocenters. The van der Waals surface area contributed by atoms with Crippen LogP contribution in [-0.4, -0.2) is 68.0 Å². The highest BCUT2D eigenvalue weighted by Gasteiger charge is 2.59. The molecule has 40 heavy (non-hydrogen) atoms. The SMILES string of the molecule is CC(C)(C)OC(=O)N1[C@H](CO[Si](C)(C)C(C)(C)C)[C@H](C(F)F)[C@@H](O[Si](C)(C)C(C)(C)C)[C@H]1n1ccc(=O)[nH]c1=O. The van der Waals surface area contributed by atoms with E-state index in [2.05, 4.69) is 4.98 Å². The first-order valence-corrected chi connectivity index (χ1v) is 19.5. The second-order valence-corrected chi connectivity index (χ2v) is 24.3. The minimum absolute atomic E-state index is 0.184. The number of ether oxygens (including phenoxy) is 1. The number of carbonyl (C=O) groups is 1. The van der Waals surface area contributed by atoms with Crippen molar-refractivity contribution in [3.63, 3.8) is 0 Å². The van der Waals surface area contributed by atoms with Gasteiger partial charge in [-0.1, -0.05) is 41.5 Å². The van der Waals surface area contributed by atoms with Crippen molar-refractivity contribution in [1.82, 2.24) is 14.5 Å². The number of hydrogen-bond acceptors (Lipinski definition) is 6. The summed E-state index contributed by atoms with van der Waals surface area (Å²) in [5.41, 5.74) is -2.43. The topological polar surface area (TPSA) is 103 Å². The fourth-order valence-corrected chi connectivity index (χ4v) is 6.45. The van der Waals surface area contributed by atoms with E-state index in [-0.39, 0.29) is 16.7 Å². The molecule has 230 valence electrons. The van der Waals surface area contributed by atoms with Gasteiger partial charge in [0, 0.05) is 12.3 Å². The maximum Gasteiger partial charge on any atom is 0.412 e. The first-order valence-electron chi connectivity index (χ1n) is 13.7. The summed E-state index contributed by atoms with van der Waals surface area (Å²) in [4.78, 5) is 42.2. The van der Waals surface area contributed by atoms with Crippen molar-refractivity contribution < 1.29 is 27.2 Å². The molecule has 0 radical (unpaired) electrons. The molecule has 1 N–H and O–H groups in total. The van der Waals surface area contributed by atoms with Gasteiger partial charge >= 0.3 is 11.8 Å². The van der Waals surface area contributed by atoms with Gasteiger partial charge in [0.15, 0.2) is 16.6 Å². The fraction of sp³-hybridized carbons (Fsp3) is 0.815. The lowest BCUT2D eigenvalue weighted by Crippen LogP contribution is -2.51. The molecule has 1 fully saturated rings. The van der Waals surface area contributed by atoms with Gasteiger partial charge in [0.25, 0.3) is 5.56 Å². The number of hydrogen-bond donors (Lipinski definition) is 1. The summed E-state index contributed by atoms with van der Waals surface area (Å²) >= 11 is 0. The zero-order valence-electron chi connectivity index (χ0n) is 26.3. The number of nitrogens with zero attached hydrogens (tertiary/aromatic N) is 2. The van der Waals surface area contributed by atoms with Crippen LogP contribution in [0.2, 0.25) is 36.3 Å². The highest BCUT2D eigenvalue weighted by atomic mass is 28.4. The number of carbonyl (C=O) groups excluding carboxylic acids is 1. The van der Waals surface area contributed by atoms with Crippen LogP contribution in [0.4, 0.5) is 13.6 Å². The van der Waals surface area contributed by atoms with Crippen molar-refractivity contribution in [2.75, 3.05) is 6.61 Å². The van der Waals surface area contributed by atoms with Crippen LogP contribution >= 0.6 is 0 Å². The lowest BCUT2D eigenvalue weighted by molar-refractivity contribution is -0.0101. The zero-order chi connectivity index (χ0) is 31.2. The smallest absolute Gasteiger partial charge is 0.412 e. The molecule has 0 aliphatic carbocycles. The number of halogens is 2. The molecule has 1 aliphatic rings. The number of likely N-dealkylation sites (tertiary alicyclic amines) is 1. The Kier molecular flexibility index (Phi) is 9.83. The molecule has 0 unspecified atom stereocenters. The maximum atomic E-state index is 15.2. The zero-order valence-corrected chi connectivity index (χ0v) is 28.3. The molecule has 1 aromatic heterocycles. The lowest BCUT2D eigenvalue weighted by Gasteiger charge is -2.41. The number of aromatic nitrogens is 2. The molecule has 0 bridgehead atoms. The van der Waals surface area contributed by atoms with E-state index in [0.717, 1.165) is 10.6 Å². The number of aromatic amines is 1. The molecule has 0 saturated carbocycles. The van der Waals surface area contributed by atoms with Crippen LogP contribution in [0.15, 0.2) is 21.9 Å². The minimum Gasteiger partial charge on any atom is -0.444 e. The molecule has 2 heterocycles. The summed E-state index contributed by atoms with van der Waals surface area (Å²) < 4.78 is 50.2. The van der Waals surface area contributed by atoms with Gasteiger partial charge < -0.3 is 13.6 Å². The van der Waals surface area contributed by atoms with Gasteiger partial charge in [-0.25, -0.2) is 18.4 Å². The molecule has 1 aliphatic heterocycles. The summed E-state index contributed by atoms with van der Waals surface area (Å²) in [5.74, 6) is -1.49. The minimum atomic E-state index is -2.91. The third kappa shape index (κ3) is 7.51. The summed E-state index contributed by atoms with van der Waals surface area (Å²) in [6.45, 7) is 24.8. The fourth-order valence-electron chi connectivity index (χ4n) is 4.11. The van der Waals surface area contributed by atoms with Gasteiger partial charge in [0.2, 0.25) is 6.43 Å². The standard InChI is InChI=1S/C27H49F2N3O6Si2/c1-25(2,3)37-24(35)32-17(16-36-39(10,11)26(4,5)6)19(21(28)29)20(38-40(12,13)27(7,8)9)22(32)31-15-14-18(33)30-23(31)34/h14-15,17,19-22H,16H2,1-13H3,(H,30,33,34)/t17-,19+,20-,22+/m1/s1. The van der Waals surface area contributed by atoms with Crippen LogP contribution in [0.3, 0.4) is 0 Å². The molecule has 9 nitrogen and oxygen atoms in total. The second-order valence-electron chi connectivity index (χ2n) is 14.7. The quantitative estimate of drug-likeness (QED) is 0.386. The van der Waals surface area contributed by atoms with Crippen molar-refractivity contribution in [2.24, 2.45) is 5.92 Å². The summed E-state index contributed by atoms with van der Waals surface area (Å²) in [6.07, 6.45) is -5.14. The van der Waals surface area contributed by atoms with Crippen LogP contribution in [0.25, 0.3) is 0 Å². The van der Waals surface area contributed by atoms with Crippen LogP contribution in [0.5, 0.6) is 0 Å². The molecule has 1 aromatic rings. The van der Waals surface area contributed by atoms with Crippen LogP contribution in [-0.2, 0) is 13.6 Å². The van der Waals surface area contributed by atoms with Crippen molar-refractivity contribution >= 4 is 22.7 Å². The average Bonchev–Trinajstić information content (AvgIpc) is 3.03. The highest BCUT2D eigenvalue weighted by Crippen LogP contribution is 2.48. The van der Waals surface area contributed by atoms with Gasteiger partial charge in [-0.2, -0.15) is 0 Å². The summed E-state index contributed by atoms with van der Waals surface area (Å²) in [5, 5.41) is -0.568. The second kappa shape index (κ2) is 11.4. The van der Waals surface area contributed by atoms with Crippen molar-refractivity contribution in [2.45, 2.75) is 129 Å². The van der Waals surface area contributed by atoms with Gasteiger partial charge in [0.1, 0.15) is 11.8 Å². The number of alkyl halides is 2. The molecule has 1 saturated heterocycles. The predicted molar refractivity (Wildman–Crippen MR) is 157 cm³/mol. The largest absolute Gasteiger partial charge is 0.444 e. The Bertz CT molecular complexity index is 1160. The summed E-state index contributed by atoms with van der Waals surface area (Å²) in [7, 11) is -5.16. The van der Waals surface area contributed by atoms with Gasteiger partial charge in [-0.05, 0) is 57.0 Å². The van der Waals surface area contributed by atoms with E-state index in [4.69, 9.17) is 13.6 Å². The molecule has 2 rings (SSSR count). The normalized spacial score (nSPS) is 23.1. The van der Waals surface area contributed by atoms with E-state index in [1.165, 1.54) is 11.1 Å². The maximum absolute atomic E-state index is 15.2. The number of rotatable bonds is 7. The average molecular weight is 606 g/mol. The molecule has 0 aromatic carbocycles. The molecule has 0 spiro atoms. The van der Waals surface area contributed by atoms with Crippen LogP contribution in [0, 0.1) is 5.92 Å². The van der Waals surface area contributed by atoms with E-state index in [0.29, 0.717) is 0 Å². The van der Waals surface area contributed by atoms with Crippen molar-refractivity contribution in [3.05, 3.63) is 33.1 Å². The van der Waals surface area contributed by atoms with Gasteiger partial charge in [-0.15, -0.1) is 0 Å².